The number of aromatic nitrogens is 2. The third kappa shape index (κ3) is 2.98. The number of nitrogen functional groups attached to an aromatic ring is 1. The van der Waals surface area contributed by atoms with E-state index in [1.54, 1.807) is 6.07 Å². The molecule has 0 aromatic carbocycles. The Bertz CT molecular complexity index is 479. The van der Waals surface area contributed by atoms with Crippen LogP contribution in [-0.2, 0) is 0 Å². The molecule has 1 atom stereocenters. The maximum atomic E-state index is 9.73. The molecule has 1 unspecified atom stereocenters. The van der Waals surface area contributed by atoms with Crippen molar-refractivity contribution >= 4 is 22.2 Å². The van der Waals surface area contributed by atoms with Gasteiger partial charge in [0.15, 0.2) is 0 Å². The van der Waals surface area contributed by atoms with Crippen molar-refractivity contribution in [2.45, 2.75) is 12.5 Å². The van der Waals surface area contributed by atoms with Crippen molar-refractivity contribution in [2.24, 2.45) is 0 Å². The molecule has 0 spiro atoms. The van der Waals surface area contributed by atoms with Crippen molar-refractivity contribution < 1.29 is 9.11 Å². The zero-order chi connectivity index (χ0) is 14.2. The molecule has 1 aromatic rings. The van der Waals surface area contributed by atoms with Gasteiger partial charge in [-0.15, -0.1) is 0 Å². The first-order chi connectivity index (χ1) is 9.53. The van der Waals surface area contributed by atoms with E-state index in [4.69, 9.17) is 5.73 Å². The van der Waals surface area contributed by atoms with Crippen LogP contribution in [0.5, 0.6) is 0 Å². The van der Waals surface area contributed by atoms with Crippen molar-refractivity contribution in [3.63, 3.8) is 0 Å². The second-order valence-electron chi connectivity index (χ2n) is 5.44. The fourth-order valence-corrected chi connectivity index (χ4v) is 4.75. The Kier molecular flexibility index (Phi) is 3.72. The molecule has 0 aliphatic carbocycles. The smallest absolute Gasteiger partial charge is 0.134 e. The topological polar surface area (TPSA) is 98.7 Å². The van der Waals surface area contributed by atoms with Gasteiger partial charge in [0.25, 0.3) is 0 Å². The lowest BCUT2D eigenvalue weighted by molar-refractivity contribution is 0.200. The van der Waals surface area contributed by atoms with Gasteiger partial charge in [0.1, 0.15) is 18.0 Å². The van der Waals surface area contributed by atoms with Gasteiger partial charge in [-0.05, 0) is 6.42 Å². The summed E-state index contributed by atoms with van der Waals surface area (Å²) in [4.78, 5) is 12.7. The van der Waals surface area contributed by atoms with Crippen LogP contribution in [0.4, 0.5) is 11.6 Å². The summed E-state index contributed by atoms with van der Waals surface area (Å²) in [6.45, 7) is 3.60. The Morgan fingerprint density at radius 1 is 1.20 bits per heavy atom. The van der Waals surface area contributed by atoms with Gasteiger partial charge in [0.2, 0.25) is 0 Å². The fourth-order valence-electron chi connectivity index (χ4n) is 2.94. The molecule has 2 saturated heterocycles. The molecular formula is C12H21N5O2S. The Morgan fingerprint density at radius 3 is 2.55 bits per heavy atom. The number of hydrogen-bond donors (Lipinski definition) is 3. The molecule has 2 aliphatic rings. The number of nitrogens with two attached hydrogens (primary N) is 1. The van der Waals surface area contributed by atoms with Crippen LogP contribution in [0.1, 0.15) is 6.42 Å². The summed E-state index contributed by atoms with van der Waals surface area (Å²) in [6, 6.07) is 2.11. The first-order valence-electron chi connectivity index (χ1n) is 6.84. The van der Waals surface area contributed by atoms with Crippen molar-refractivity contribution in [3.05, 3.63) is 12.4 Å². The van der Waals surface area contributed by atoms with E-state index < -0.39 is 10.6 Å². The molecule has 7 nitrogen and oxygen atoms in total. The minimum atomic E-state index is -2.31. The summed E-state index contributed by atoms with van der Waals surface area (Å²) in [6.07, 6.45) is 2.38. The maximum absolute atomic E-state index is 9.73. The standard InChI is InChI=1S/C12H21N5O2S/c13-11-7-12(15-9-14-11)17-4-2-16(3-5-17)10-1-6-20(18,19)8-10/h7,9-10,18-19H,1-6,8H2,(H2,13,14,15). The summed E-state index contributed by atoms with van der Waals surface area (Å²) in [7, 11) is -2.31. The van der Waals surface area contributed by atoms with Gasteiger partial charge in [-0.25, -0.2) is 9.97 Å². The van der Waals surface area contributed by atoms with Crippen LogP contribution in [0.3, 0.4) is 0 Å². The molecule has 0 bridgehead atoms. The average molecular weight is 299 g/mol. The Morgan fingerprint density at radius 2 is 1.95 bits per heavy atom. The Labute approximate surface area is 120 Å². The van der Waals surface area contributed by atoms with Gasteiger partial charge in [-0.1, -0.05) is 0 Å². The van der Waals surface area contributed by atoms with Crippen LogP contribution in [0.25, 0.3) is 0 Å². The predicted molar refractivity (Wildman–Crippen MR) is 81.2 cm³/mol. The van der Waals surface area contributed by atoms with Crippen LogP contribution in [0, 0.1) is 0 Å². The van der Waals surface area contributed by atoms with E-state index >= 15 is 0 Å². The molecule has 3 rings (SSSR count). The fraction of sp³-hybridized carbons (Fsp3) is 0.667. The van der Waals surface area contributed by atoms with E-state index in [2.05, 4.69) is 19.8 Å². The molecule has 1 aromatic heterocycles. The van der Waals surface area contributed by atoms with Crippen LogP contribution < -0.4 is 10.6 Å². The quantitative estimate of drug-likeness (QED) is 0.739. The van der Waals surface area contributed by atoms with Gasteiger partial charge in [-0.2, -0.15) is 10.6 Å². The van der Waals surface area contributed by atoms with Crippen molar-refractivity contribution in [1.82, 2.24) is 14.9 Å². The van der Waals surface area contributed by atoms with E-state index in [1.807, 2.05) is 0 Å². The van der Waals surface area contributed by atoms with Gasteiger partial charge in [0.05, 0.1) is 5.75 Å². The highest BCUT2D eigenvalue weighted by Crippen LogP contribution is 2.47. The SMILES string of the molecule is Nc1cc(N2CCN(C3CCS(O)(O)C3)CC2)ncn1. The van der Waals surface area contributed by atoms with Gasteiger partial charge in [-0.3, -0.25) is 14.0 Å². The molecular weight excluding hydrogens is 278 g/mol. The third-order valence-electron chi connectivity index (χ3n) is 4.07. The molecule has 112 valence electrons. The summed E-state index contributed by atoms with van der Waals surface area (Å²) in [5.41, 5.74) is 5.68. The highest BCUT2D eigenvalue weighted by Gasteiger charge is 2.33. The summed E-state index contributed by atoms with van der Waals surface area (Å²) in [5, 5.41) is 0. The summed E-state index contributed by atoms with van der Waals surface area (Å²) < 4.78 is 19.5. The van der Waals surface area contributed by atoms with E-state index in [9.17, 15) is 9.11 Å². The molecule has 0 amide bonds. The predicted octanol–water partition coefficient (Wildman–Crippen LogP) is 0.704. The molecule has 0 saturated carbocycles. The van der Waals surface area contributed by atoms with Crippen LogP contribution in [0.2, 0.25) is 0 Å². The van der Waals surface area contributed by atoms with Gasteiger partial charge < -0.3 is 10.6 Å². The van der Waals surface area contributed by atoms with Gasteiger partial charge >= 0.3 is 0 Å². The van der Waals surface area contributed by atoms with Crippen molar-refractivity contribution in [2.75, 3.05) is 48.3 Å². The lowest BCUT2D eigenvalue weighted by Crippen LogP contribution is -2.50. The molecule has 0 radical (unpaired) electrons. The number of rotatable bonds is 2. The van der Waals surface area contributed by atoms with Crippen molar-refractivity contribution in [1.29, 1.82) is 0 Å². The first kappa shape index (κ1) is 13.9. The molecule has 3 heterocycles. The highest BCUT2D eigenvalue weighted by molar-refractivity contribution is 8.24. The second-order valence-corrected chi connectivity index (χ2v) is 7.79. The Hall–Kier alpha value is -1.09. The van der Waals surface area contributed by atoms with E-state index in [-0.39, 0.29) is 0 Å². The molecule has 4 N–H and O–H groups in total. The maximum Gasteiger partial charge on any atom is 0.134 e. The second kappa shape index (κ2) is 5.36. The van der Waals surface area contributed by atoms with E-state index in [0.29, 0.717) is 23.4 Å². The first-order valence-corrected chi connectivity index (χ1v) is 8.72. The van der Waals surface area contributed by atoms with Crippen LogP contribution >= 0.6 is 10.6 Å². The highest BCUT2D eigenvalue weighted by atomic mass is 32.3. The zero-order valence-electron chi connectivity index (χ0n) is 11.4. The Balaban J connectivity index is 1.57. The van der Waals surface area contributed by atoms with E-state index in [0.717, 1.165) is 38.4 Å². The number of piperazine rings is 1. The molecule has 2 aliphatic heterocycles. The normalized spacial score (nSPS) is 28.5. The van der Waals surface area contributed by atoms with Gasteiger partial charge in [0, 0.05) is 44.0 Å². The summed E-state index contributed by atoms with van der Waals surface area (Å²) >= 11 is 0. The minimum Gasteiger partial charge on any atom is -0.384 e. The number of nitrogens with zero attached hydrogens (tertiary/aromatic N) is 4. The molecule has 20 heavy (non-hydrogen) atoms. The monoisotopic (exact) mass is 299 g/mol. The lowest BCUT2D eigenvalue weighted by atomic mass is 10.2. The molecule has 8 heteroatoms. The molecule has 2 fully saturated rings. The average Bonchev–Trinajstić information content (AvgIpc) is 2.79. The van der Waals surface area contributed by atoms with Crippen LogP contribution in [-0.4, -0.2) is 67.7 Å². The van der Waals surface area contributed by atoms with Crippen molar-refractivity contribution in [3.8, 4) is 0 Å². The minimum absolute atomic E-state index is 0.317. The third-order valence-corrected chi connectivity index (χ3v) is 5.87. The van der Waals surface area contributed by atoms with E-state index in [1.165, 1.54) is 6.33 Å². The largest absolute Gasteiger partial charge is 0.384 e. The van der Waals surface area contributed by atoms with Crippen LogP contribution in [0.15, 0.2) is 12.4 Å². The summed E-state index contributed by atoms with van der Waals surface area (Å²) in [5.74, 6) is 2.45. The lowest BCUT2D eigenvalue weighted by Gasteiger charge is -2.39. The number of hydrogen-bond acceptors (Lipinski definition) is 7. The number of anilines is 2. The zero-order valence-corrected chi connectivity index (χ0v) is 12.2.